The maximum Gasteiger partial charge on any atom is 0.247 e. The zero-order valence-corrected chi connectivity index (χ0v) is 20.9. The Balaban J connectivity index is 1.36. The number of ether oxygens (including phenoxy) is 1. The van der Waals surface area contributed by atoms with Crippen molar-refractivity contribution in [1.82, 2.24) is 14.8 Å². The molecule has 0 fully saturated rings. The molecular weight excluding hydrogens is 454 g/mol. The molecule has 0 saturated carbocycles. The number of thiophene rings is 1. The first kappa shape index (κ1) is 22.1. The number of carbonyl (C=O) groups is 1. The summed E-state index contributed by atoms with van der Waals surface area (Å²) in [6, 6.07) is 18.9. The molecule has 1 N–H and O–H groups in total. The molecule has 6 heteroatoms. The van der Waals surface area contributed by atoms with E-state index in [9.17, 15) is 4.79 Å². The van der Waals surface area contributed by atoms with Crippen molar-refractivity contribution < 1.29 is 9.53 Å². The summed E-state index contributed by atoms with van der Waals surface area (Å²) in [6.07, 6.45) is 5.45. The first-order chi connectivity index (χ1) is 17.1. The van der Waals surface area contributed by atoms with Gasteiger partial charge in [-0.25, -0.2) is 0 Å². The van der Waals surface area contributed by atoms with Crippen LogP contribution in [0, 0.1) is 0 Å². The van der Waals surface area contributed by atoms with E-state index in [0.29, 0.717) is 6.54 Å². The Morgan fingerprint density at radius 3 is 2.94 bits per heavy atom. The molecule has 178 valence electrons. The fourth-order valence-electron chi connectivity index (χ4n) is 5.33. The Hall–Kier alpha value is -3.35. The lowest BCUT2D eigenvalue weighted by Gasteiger charge is -2.36. The molecule has 1 amide bonds. The van der Waals surface area contributed by atoms with Crippen LogP contribution in [0.4, 0.5) is 0 Å². The van der Waals surface area contributed by atoms with Gasteiger partial charge in [0, 0.05) is 51.9 Å². The minimum absolute atomic E-state index is 0.0404. The Bertz CT molecular complexity index is 1430. The second-order valence-electron chi connectivity index (χ2n) is 9.59. The zero-order valence-electron chi connectivity index (χ0n) is 20.1. The maximum atomic E-state index is 13.6. The van der Waals surface area contributed by atoms with Gasteiger partial charge in [0.1, 0.15) is 5.75 Å². The Kier molecular flexibility index (Phi) is 5.71. The van der Waals surface area contributed by atoms with Crippen LogP contribution >= 0.6 is 11.3 Å². The average Bonchev–Trinajstić information content (AvgIpc) is 3.59. The molecule has 2 aromatic carbocycles. The van der Waals surface area contributed by atoms with Gasteiger partial charge >= 0.3 is 0 Å². The van der Waals surface area contributed by atoms with Crippen molar-refractivity contribution >= 4 is 34.2 Å². The number of amides is 1. The van der Waals surface area contributed by atoms with E-state index >= 15 is 0 Å². The standard InChI is InChI=1S/C29H29N3O2S/c1-31(2)18-22-9-8-21(35-22)10-12-27(33)32-15-13-24-23-5-3-4-6-25(23)30-28(24)29(32)20-7-11-26-19(17-20)14-16-34-26/h3-12,17,29-30H,13-16,18H2,1-2H3/t29-/m1/s1. The second kappa shape index (κ2) is 9.02. The highest BCUT2D eigenvalue weighted by atomic mass is 32.1. The van der Waals surface area contributed by atoms with E-state index in [1.54, 1.807) is 17.4 Å². The normalized spacial score (nSPS) is 17.2. The minimum Gasteiger partial charge on any atom is -0.493 e. The number of carbonyl (C=O) groups excluding carboxylic acids is 1. The summed E-state index contributed by atoms with van der Waals surface area (Å²) in [5.41, 5.74) is 5.93. The molecule has 0 radical (unpaired) electrons. The first-order valence-electron chi connectivity index (χ1n) is 12.1. The van der Waals surface area contributed by atoms with Crippen LogP contribution in [0.15, 0.2) is 60.7 Å². The van der Waals surface area contributed by atoms with Gasteiger partial charge in [0.05, 0.1) is 12.6 Å². The maximum absolute atomic E-state index is 13.6. The third-order valence-corrected chi connectivity index (χ3v) is 7.93. The van der Waals surface area contributed by atoms with E-state index in [1.807, 2.05) is 11.0 Å². The number of nitrogens with one attached hydrogen (secondary N) is 1. The van der Waals surface area contributed by atoms with Gasteiger partial charge in [0.15, 0.2) is 0 Å². The van der Waals surface area contributed by atoms with Crippen LogP contribution in [0.25, 0.3) is 17.0 Å². The number of aromatic amines is 1. The van der Waals surface area contributed by atoms with Crippen molar-refractivity contribution in [2.24, 2.45) is 0 Å². The average molecular weight is 484 g/mol. The van der Waals surface area contributed by atoms with Crippen LogP contribution in [0.5, 0.6) is 5.75 Å². The highest BCUT2D eigenvalue weighted by Crippen LogP contribution is 2.40. The predicted molar refractivity (Wildman–Crippen MR) is 142 cm³/mol. The van der Waals surface area contributed by atoms with Crippen LogP contribution in [0.3, 0.4) is 0 Å². The summed E-state index contributed by atoms with van der Waals surface area (Å²) in [5, 5.41) is 1.26. The number of H-pyrrole nitrogens is 1. The lowest BCUT2D eigenvalue weighted by Crippen LogP contribution is -2.39. The second-order valence-corrected chi connectivity index (χ2v) is 10.8. The lowest BCUT2D eigenvalue weighted by molar-refractivity contribution is -0.128. The van der Waals surface area contributed by atoms with E-state index in [0.717, 1.165) is 53.4 Å². The van der Waals surface area contributed by atoms with E-state index in [1.165, 1.54) is 21.4 Å². The van der Waals surface area contributed by atoms with Gasteiger partial charge < -0.3 is 19.5 Å². The quantitative estimate of drug-likeness (QED) is 0.386. The number of fused-ring (bicyclic) bond motifs is 4. The molecule has 2 aliphatic rings. The van der Waals surface area contributed by atoms with Crippen molar-refractivity contribution in [3.8, 4) is 5.75 Å². The molecule has 35 heavy (non-hydrogen) atoms. The van der Waals surface area contributed by atoms with Crippen molar-refractivity contribution in [3.05, 3.63) is 92.8 Å². The zero-order chi connectivity index (χ0) is 23.9. The van der Waals surface area contributed by atoms with Crippen molar-refractivity contribution in [2.45, 2.75) is 25.4 Å². The highest BCUT2D eigenvalue weighted by molar-refractivity contribution is 7.12. The summed E-state index contributed by atoms with van der Waals surface area (Å²) >= 11 is 1.73. The van der Waals surface area contributed by atoms with Crippen LogP contribution in [-0.2, 0) is 24.2 Å². The smallest absolute Gasteiger partial charge is 0.247 e. The van der Waals surface area contributed by atoms with Crippen molar-refractivity contribution in [1.29, 1.82) is 0 Å². The van der Waals surface area contributed by atoms with Gasteiger partial charge in [-0.05, 0) is 73.6 Å². The van der Waals surface area contributed by atoms with Crippen LogP contribution in [0.1, 0.15) is 38.2 Å². The molecular formula is C29H29N3O2S. The SMILES string of the molecule is CN(C)Cc1ccc(C=CC(=O)N2CCc3c([nH]c4ccccc34)[C@H]2c2ccc3c(c2)CCO3)s1. The number of nitrogens with zero attached hydrogens (tertiary/aromatic N) is 2. The third-order valence-electron chi connectivity index (χ3n) is 6.89. The molecule has 0 saturated heterocycles. The number of rotatable bonds is 5. The molecule has 5 nitrogen and oxygen atoms in total. The third kappa shape index (κ3) is 4.17. The van der Waals surface area contributed by atoms with Crippen molar-refractivity contribution in [2.75, 3.05) is 27.2 Å². The van der Waals surface area contributed by atoms with E-state index in [-0.39, 0.29) is 11.9 Å². The molecule has 1 atom stereocenters. The molecule has 0 aliphatic carbocycles. The molecule has 6 rings (SSSR count). The van der Waals surface area contributed by atoms with Gasteiger partial charge in [-0.2, -0.15) is 0 Å². The van der Waals surface area contributed by atoms with Crippen LogP contribution < -0.4 is 4.74 Å². The summed E-state index contributed by atoms with van der Waals surface area (Å²) in [7, 11) is 4.14. The number of hydrogen-bond acceptors (Lipinski definition) is 4. The van der Waals surface area contributed by atoms with Gasteiger partial charge in [-0.3, -0.25) is 4.79 Å². The fourth-order valence-corrected chi connectivity index (χ4v) is 6.37. The van der Waals surface area contributed by atoms with E-state index in [4.69, 9.17) is 4.74 Å². The molecule has 0 bridgehead atoms. The Morgan fingerprint density at radius 1 is 1.17 bits per heavy atom. The highest BCUT2D eigenvalue weighted by Gasteiger charge is 2.34. The van der Waals surface area contributed by atoms with E-state index < -0.39 is 0 Å². The summed E-state index contributed by atoms with van der Waals surface area (Å²) in [6.45, 7) is 2.32. The van der Waals surface area contributed by atoms with Gasteiger partial charge in [-0.15, -0.1) is 11.3 Å². The molecule has 4 aromatic rings. The van der Waals surface area contributed by atoms with E-state index in [2.05, 4.69) is 78.6 Å². The molecule has 2 aliphatic heterocycles. The molecule has 2 aromatic heterocycles. The number of benzene rings is 2. The largest absolute Gasteiger partial charge is 0.493 e. The van der Waals surface area contributed by atoms with Crippen molar-refractivity contribution in [3.63, 3.8) is 0 Å². The number of aromatic nitrogens is 1. The van der Waals surface area contributed by atoms with Crippen LogP contribution in [0.2, 0.25) is 0 Å². The number of hydrogen-bond donors (Lipinski definition) is 1. The first-order valence-corrected chi connectivity index (χ1v) is 13.0. The lowest BCUT2D eigenvalue weighted by atomic mass is 9.91. The Labute approximate surface area is 209 Å². The minimum atomic E-state index is -0.151. The topological polar surface area (TPSA) is 48.6 Å². The fraction of sp³-hybridized carbons (Fsp3) is 0.276. The van der Waals surface area contributed by atoms with Crippen LogP contribution in [-0.4, -0.2) is 47.9 Å². The molecule has 0 spiro atoms. The molecule has 4 heterocycles. The monoisotopic (exact) mass is 483 g/mol. The number of para-hydroxylation sites is 1. The van der Waals surface area contributed by atoms with Gasteiger partial charge in [0.25, 0.3) is 0 Å². The molecule has 0 unspecified atom stereocenters. The summed E-state index contributed by atoms with van der Waals surface area (Å²) < 4.78 is 5.74. The predicted octanol–water partition coefficient (Wildman–Crippen LogP) is 5.41. The summed E-state index contributed by atoms with van der Waals surface area (Å²) in [5.74, 6) is 1.00. The Morgan fingerprint density at radius 2 is 2.06 bits per heavy atom. The summed E-state index contributed by atoms with van der Waals surface area (Å²) in [4.78, 5) is 23.8. The van der Waals surface area contributed by atoms with Gasteiger partial charge in [0.2, 0.25) is 5.91 Å². The van der Waals surface area contributed by atoms with Gasteiger partial charge in [-0.1, -0.05) is 24.3 Å².